The highest BCUT2D eigenvalue weighted by Gasteiger charge is 2.29. The summed E-state index contributed by atoms with van der Waals surface area (Å²) in [4.78, 5) is 20.9. The summed E-state index contributed by atoms with van der Waals surface area (Å²) in [5.74, 6) is -0.237. The molecule has 0 aliphatic carbocycles. The van der Waals surface area contributed by atoms with Gasteiger partial charge in [-0.3, -0.25) is 19.6 Å². The molecule has 0 unspecified atom stereocenters. The fraction of sp³-hybridized carbons (Fsp3) is 0.333. The summed E-state index contributed by atoms with van der Waals surface area (Å²) >= 11 is 0. The first-order valence-corrected chi connectivity index (χ1v) is 11.2. The summed E-state index contributed by atoms with van der Waals surface area (Å²) in [6, 6.07) is 21.3. The lowest BCUT2D eigenvalue weighted by Gasteiger charge is -2.44. The van der Waals surface area contributed by atoms with E-state index in [0.717, 1.165) is 26.2 Å². The zero-order chi connectivity index (χ0) is 22.5. The van der Waals surface area contributed by atoms with Crippen LogP contribution in [0, 0.1) is 0 Å². The molecule has 1 saturated heterocycles. The molecular weight excluding hydrogens is 398 g/mol. The highest BCUT2D eigenvalue weighted by molar-refractivity contribution is 5.96. The van der Waals surface area contributed by atoms with Crippen molar-refractivity contribution in [1.82, 2.24) is 14.8 Å². The van der Waals surface area contributed by atoms with E-state index in [4.69, 9.17) is 5.11 Å². The van der Waals surface area contributed by atoms with Crippen LogP contribution in [0.4, 0.5) is 0 Å². The summed E-state index contributed by atoms with van der Waals surface area (Å²) in [7, 11) is 0. The Bertz CT molecular complexity index is 1020. The van der Waals surface area contributed by atoms with E-state index in [1.54, 1.807) is 0 Å². The van der Waals surface area contributed by atoms with Crippen LogP contribution in [0.3, 0.4) is 0 Å². The van der Waals surface area contributed by atoms with Gasteiger partial charge in [0.1, 0.15) is 6.61 Å². The summed E-state index contributed by atoms with van der Waals surface area (Å²) in [6.07, 6.45) is 3.70. The average Bonchev–Trinajstić information content (AvgIpc) is 2.82. The van der Waals surface area contributed by atoms with Crippen LogP contribution in [-0.2, 0) is 13.1 Å². The Hall–Kier alpha value is -2.86. The van der Waals surface area contributed by atoms with Crippen LogP contribution < -0.4 is 0 Å². The number of nitrogens with zero attached hydrogens (tertiary/aromatic N) is 3. The van der Waals surface area contributed by atoms with Crippen molar-refractivity contribution in [2.24, 2.45) is 0 Å². The molecule has 0 spiro atoms. The van der Waals surface area contributed by atoms with Crippen molar-refractivity contribution in [3.8, 4) is 11.1 Å². The topological polar surface area (TPSA) is 56.7 Å². The predicted molar refractivity (Wildman–Crippen MR) is 127 cm³/mol. The van der Waals surface area contributed by atoms with Crippen molar-refractivity contribution < 1.29 is 9.90 Å². The highest BCUT2D eigenvalue weighted by Crippen LogP contribution is 2.26. The normalized spacial score (nSPS) is 19.7. The van der Waals surface area contributed by atoms with E-state index in [1.165, 1.54) is 22.3 Å². The Balaban J connectivity index is 1.42. The number of rotatable bonds is 7. The molecule has 166 valence electrons. The fourth-order valence-corrected chi connectivity index (χ4v) is 4.72. The van der Waals surface area contributed by atoms with Crippen LogP contribution in [0.1, 0.15) is 35.3 Å². The number of aliphatic hydroxyl groups is 1. The third kappa shape index (κ3) is 5.13. The average molecular weight is 430 g/mol. The summed E-state index contributed by atoms with van der Waals surface area (Å²) in [5.41, 5.74) is 5.58. The second-order valence-electron chi connectivity index (χ2n) is 8.74. The first-order valence-electron chi connectivity index (χ1n) is 11.2. The van der Waals surface area contributed by atoms with Crippen molar-refractivity contribution in [3.05, 3.63) is 89.7 Å². The van der Waals surface area contributed by atoms with Gasteiger partial charge in [-0.25, -0.2) is 0 Å². The van der Waals surface area contributed by atoms with E-state index >= 15 is 0 Å². The number of hydrogen-bond donors (Lipinski definition) is 1. The van der Waals surface area contributed by atoms with Crippen LogP contribution in [-0.4, -0.2) is 57.5 Å². The smallest absolute Gasteiger partial charge is 0.188 e. The van der Waals surface area contributed by atoms with Gasteiger partial charge in [0, 0.05) is 56.2 Å². The first kappa shape index (κ1) is 22.3. The number of ketones is 1. The van der Waals surface area contributed by atoms with Gasteiger partial charge in [0.15, 0.2) is 5.78 Å². The maximum absolute atomic E-state index is 11.7. The van der Waals surface area contributed by atoms with Gasteiger partial charge in [0.25, 0.3) is 0 Å². The second-order valence-corrected chi connectivity index (χ2v) is 8.74. The van der Waals surface area contributed by atoms with Crippen LogP contribution in [0.2, 0.25) is 0 Å². The fourth-order valence-electron chi connectivity index (χ4n) is 4.72. The summed E-state index contributed by atoms with van der Waals surface area (Å²) in [5, 5.41) is 9.04. The number of piperazine rings is 1. The lowest BCUT2D eigenvalue weighted by molar-refractivity contribution is 0.0291. The Kier molecular flexibility index (Phi) is 7.10. The monoisotopic (exact) mass is 429 g/mol. The van der Waals surface area contributed by atoms with E-state index in [9.17, 15) is 4.79 Å². The molecule has 1 N–H and O–H groups in total. The van der Waals surface area contributed by atoms with E-state index in [1.807, 2.05) is 36.7 Å². The number of pyridine rings is 1. The summed E-state index contributed by atoms with van der Waals surface area (Å²) < 4.78 is 0. The molecule has 32 heavy (non-hydrogen) atoms. The van der Waals surface area contributed by atoms with Crippen molar-refractivity contribution in [2.45, 2.75) is 39.0 Å². The van der Waals surface area contributed by atoms with Gasteiger partial charge in [-0.15, -0.1) is 0 Å². The minimum absolute atomic E-state index is 0.237. The molecule has 5 heteroatoms. The van der Waals surface area contributed by atoms with Gasteiger partial charge in [0.05, 0.1) is 0 Å². The van der Waals surface area contributed by atoms with Crippen LogP contribution in [0.5, 0.6) is 0 Å². The zero-order valence-electron chi connectivity index (χ0n) is 18.8. The molecule has 0 bridgehead atoms. The number of hydrogen-bond acceptors (Lipinski definition) is 5. The number of aliphatic hydroxyl groups excluding tert-OH is 1. The first-order chi connectivity index (χ1) is 15.5. The third-order valence-electron chi connectivity index (χ3n) is 6.36. The largest absolute Gasteiger partial charge is 0.388 e. The van der Waals surface area contributed by atoms with Gasteiger partial charge in [0.2, 0.25) is 0 Å². The van der Waals surface area contributed by atoms with Crippen LogP contribution >= 0.6 is 0 Å². The van der Waals surface area contributed by atoms with E-state index in [0.29, 0.717) is 17.6 Å². The lowest BCUT2D eigenvalue weighted by atomic mass is 9.99. The van der Waals surface area contributed by atoms with Crippen LogP contribution in [0.25, 0.3) is 11.1 Å². The Morgan fingerprint density at radius 1 is 0.938 bits per heavy atom. The van der Waals surface area contributed by atoms with Gasteiger partial charge in [-0.2, -0.15) is 0 Å². The van der Waals surface area contributed by atoms with Crippen LogP contribution in [0.15, 0.2) is 73.1 Å². The molecule has 4 rings (SSSR count). The minimum Gasteiger partial charge on any atom is -0.388 e. The molecule has 1 aromatic heterocycles. The van der Waals surface area contributed by atoms with Crippen molar-refractivity contribution in [3.63, 3.8) is 0 Å². The van der Waals surface area contributed by atoms with E-state index in [2.05, 4.69) is 65.0 Å². The lowest BCUT2D eigenvalue weighted by Crippen LogP contribution is -2.55. The van der Waals surface area contributed by atoms with Crippen molar-refractivity contribution in [2.75, 3.05) is 19.7 Å². The second kappa shape index (κ2) is 10.2. The number of Topliss-reactive ketones (excluding diaryl/α,β-unsaturated/α-hetero) is 1. The zero-order valence-corrected chi connectivity index (χ0v) is 18.8. The van der Waals surface area contributed by atoms with Gasteiger partial charge < -0.3 is 5.11 Å². The van der Waals surface area contributed by atoms with Gasteiger partial charge in [-0.1, -0.05) is 48.5 Å². The Morgan fingerprint density at radius 3 is 2.25 bits per heavy atom. The van der Waals surface area contributed by atoms with E-state index < -0.39 is 6.61 Å². The highest BCUT2D eigenvalue weighted by atomic mass is 16.3. The Labute approximate surface area is 190 Å². The third-order valence-corrected chi connectivity index (χ3v) is 6.36. The molecule has 1 aliphatic rings. The predicted octanol–water partition coefficient (Wildman–Crippen LogP) is 4.02. The molecule has 2 atom stereocenters. The standard InChI is InChI=1S/C27H31N3O2/c1-20-15-29(18-25-5-3-4-6-26(25)23-11-13-28-14-12-23)16-21(2)30(20)17-22-7-9-24(10-8-22)27(32)19-31/h3-14,20-21,31H,15-19H2,1-2H3/t20-,21+. The summed E-state index contributed by atoms with van der Waals surface area (Å²) in [6.45, 7) is 7.95. The minimum atomic E-state index is -0.445. The molecule has 3 aromatic rings. The molecule has 0 radical (unpaired) electrons. The molecule has 5 nitrogen and oxygen atoms in total. The maximum atomic E-state index is 11.7. The molecule has 0 amide bonds. The molecule has 2 heterocycles. The van der Waals surface area contributed by atoms with Gasteiger partial charge in [-0.05, 0) is 48.2 Å². The number of benzene rings is 2. The Morgan fingerprint density at radius 2 is 1.59 bits per heavy atom. The number of carbonyl (C=O) groups excluding carboxylic acids is 1. The SMILES string of the molecule is C[C@@H]1CN(Cc2ccccc2-c2ccncc2)C[C@H](C)N1Cc1ccc(C(=O)CO)cc1. The molecule has 0 saturated carbocycles. The quantitative estimate of drug-likeness (QED) is 0.575. The number of aromatic nitrogens is 1. The molecular formula is C27H31N3O2. The van der Waals surface area contributed by atoms with Gasteiger partial charge >= 0.3 is 0 Å². The molecule has 2 aromatic carbocycles. The van der Waals surface area contributed by atoms with Crippen molar-refractivity contribution >= 4 is 5.78 Å². The van der Waals surface area contributed by atoms with Crippen molar-refractivity contribution in [1.29, 1.82) is 0 Å². The molecule has 1 aliphatic heterocycles. The number of carbonyl (C=O) groups is 1. The molecule has 1 fully saturated rings. The van der Waals surface area contributed by atoms with E-state index in [-0.39, 0.29) is 5.78 Å². The maximum Gasteiger partial charge on any atom is 0.188 e.